The first kappa shape index (κ1) is 22.3. The van der Waals surface area contributed by atoms with Gasteiger partial charge >= 0.3 is 29.2 Å². The van der Waals surface area contributed by atoms with Gasteiger partial charge in [-0.2, -0.15) is 13.6 Å². The van der Waals surface area contributed by atoms with Crippen LogP contribution in [0.2, 0.25) is 0 Å². The van der Waals surface area contributed by atoms with Crippen LogP contribution in [0.3, 0.4) is 0 Å². The van der Waals surface area contributed by atoms with E-state index in [1.165, 1.54) is 0 Å². The van der Waals surface area contributed by atoms with Gasteiger partial charge in [-0.1, -0.05) is 0 Å². The van der Waals surface area contributed by atoms with Crippen molar-refractivity contribution in [3.8, 4) is 0 Å². The molecule has 6 N–H and O–H groups in total. The van der Waals surface area contributed by atoms with Gasteiger partial charge in [0, 0.05) is 12.2 Å². The maximum atomic E-state index is 13.4. The lowest BCUT2D eigenvalue weighted by Gasteiger charge is -2.36. The molecule has 1 heterocycles. The van der Waals surface area contributed by atoms with Crippen LogP contribution in [0, 0.1) is 11.7 Å². The van der Waals surface area contributed by atoms with Crippen LogP contribution in [0.25, 0.3) is 0 Å². The highest BCUT2D eigenvalue weighted by Gasteiger charge is 2.42. The zero-order chi connectivity index (χ0) is 20.6. The standard InChI is InChI=1S/C9H15FN3O11P3/c10-7-3-13(9(14)12-8(7)11)6-1-5(2-6)4-22-26(18,19)24-27(20,21)23-25(15,16)17/h3,5-6H,1-2,4H2,(H,18,19)(H,20,21)(H2,11,12,14)(H2,15,16,17)/t5-,6+. The van der Waals surface area contributed by atoms with Gasteiger partial charge in [-0.25, -0.2) is 22.9 Å². The second-order valence-electron chi connectivity index (χ2n) is 5.54. The molecule has 0 saturated heterocycles. The number of nitrogens with two attached hydrogens (primary N) is 1. The highest BCUT2D eigenvalue weighted by atomic mass is 31.3. The van der Waals surface area contributed by atoms with Crippen LogP contribution < -0.4 is 11.4 Å². The van der Waals surface area contributed by atoms with Crippen LogP contribution in [0.1, 0.15) is 18.9 Å². The van der Waals surface area contributed by atoms with Crippen molar-refractivity contribution in [2.24, 2.45) is 5.92 Å². The van der Waals surface area contributed by atoms with Crippen LogP contribution in [0.15, 0.2) is 11.0 Å². The molecule has 1 aliphatic rings. The van der Waals surface area contributed by atoms with E-state index >= 15 is 0 Å². The fraction of sp³-hybridized carbons (Fsp3) is 0.556. The molecule has 0 amide bonds. The number of halogens is 1. The largest absolute Gasteiger partial charge is 0.490 e. The molecule has 0 bridgehead atoms. The van der Waals surface area contributed by atoms with Gasteiger partial charge in [-0.3, -0.25) is 9.09 Å². The van der Waals surface area contributed by atoms with Gasteiger partial charge in [0.15, 0.2) is 11.6 Å². The van der Waals surface area contributed by atoms with Gasteiger partial charge in [0.05, 0.1) is 6.61 Å². The monoisotopic (exact) mass is 453 g/mol. The molecule has 14 nitrogen and oxygen atoms in total. The first-order chi connectivity index (χ1) is 12.2. The molecular formula is C9H15FN3O11P3. The summed E-state index contributed by atoms with van der Waals surface area (Å²) < 4.78 is 59.2. The summed E-state index contributed by atoms with van der Waals surface area (Å²) in [4.78, 5) is 50.1. The van der Waals surface area contributed by atoms with Crippen molar-refractivity contribution in [3.05, 3.63) is 22.5 Å². The molecule has 1 aliphatic carbocycles. The smallest absolute Gasteiger partial charge is 0.381 e. The number of phosphoric acid groups is 3. The van der Waals surface area contributed by atoms with E-state index in [2.05, 4.69) is 18.1 Å². The Morgan fingerprint density at radius 3 is 2.33 bits per heavy atom. The number of nitrogen functional groups attached to an aromatic ring is 1. The lowest BCUT2D eigenvalue weighted by atomic mass is 9.81. The third-order valence-corrected chi connectivity index (χ3v) is 7.23. The topological polar surface area (TPSA) is 221 Å². The fourth-order valence-corrected chi connectivity index (χ4v) is 5.38. The molecule has 27 heavy (non-hydrogen) atoms. The summed E-state index contributed by atoms with van der Waals surface area (Å²) in [5.41, 5.74) is 4.39. The molecule has 1 aromatic heterocycles. The van der Waals surface area contributed by atoms with Gasteiger partial charge in [0.1, 0.15) is 0 Å². The minimum Gasteiger partial charge on any atom is -0.381 e. The number of anilines is 1. The Kier molecular flexibility index (Phi) is 6.45. The van der Waals surface area contributed by atoms with Crippen molar-refractivity contribution in [1.29, 1.82) is 0 Å². The Balaban J connectivity index is 1.88. The third-order valence-electron chi connectivity index (χ3n) is 3.43. The maximum absolute atomic E-state index is 13.4. The number of nitrogens with zero attached hydrogens (tertiary/aromatic N) is 2. The van der Waals surface area contributed by atoms with E-state index in [1.54, 1.807) is 0 Å². The van der Waals surface area contributed by atoms with Gasteiger partial charge in [0.25, 0.3) is 0 Å². The first-order valence-corrected chi connectivity index (χ1v) is 11.5. The van der Waals surface area contributed by atoms with E-state index < -0.39 is 59.4 Å². The average molecular weight is 453 g/mol. The van der Waals surface area contributed by atoms with Crippen molar-refractivity contribution < 1.29 is 50.8 Å². The van der Waals surface area contributed by atoms with Gasteiger partial charge in [-0.05, 0) is 18.8 Å². The fourth-order valence-electron chi connectivity index (χ4n) is 2.29. The van der Waals surface area contributed by atoms with E-state index in [0.29, 0.717) is 0 Å². The second kappa shape index (κ2) is 7.80. The highest BCUT2D eigenvalue weighted by Crippen LogP contribution is 2.66. The van der Waals surface area contributed by atoms with Crippen LogP contribution in [-0.4, -0.2) is 35.7 Å². The van der Waals surface area contributed by atoms with Crippen LogP contribution in [-0.2, 0) is 26.8 Å². The predicted octanol–water partition coefficient (Wildman–Crippen LogP) is 0.259. The number of hydrogen-bond acceptors (Lipinski definition) is 9. The van der Waals surface area contributed by atoms with Crippen molar-refractivity contribution >= 4 is 29.3 Å². The van der Waals surface area contributed by atoms with E-state index in [-0.39, 0.29) is 12.8 Å². The Bertz CT molecular complexity index is 910. The first-order valence-electron chi connectivity index (χ1n) is 7.00. The van der Waals surface area contributed by atoms with Gasteiger partial charge in [-0.15, -0.1) is 0 Å². The quantitative estimate of drug-likeness (QED) is 0.334. The van der Waals surface area contributed by atoms with Crippen molar-refractivity contribution in [2.75, 3.05) is 12.3 Å². The molecule has 2 atom stereocenters. The van der Waals surface area contributed by atoms with Crippen molar-refractivity contribution in [2.45, 2.75) is 18.9 Å². The SMILES string of the molecule is Nc1nc(=O)n([C@H]2C[C@@H](COP(=O)(O)OP(=O)(O)OP(=O)(O)O)C2)cc1F. The van der Waals surface area contributed by atoms with E-state index in [1.807, 2.05) is 0 Å². The molecule has 1 aromatic rings. The number of hydrogen-bond donors (Lipinski definition) is 5. The normalized spacial score (nSPS) is 24.6. The zero-order valence-corrected chi connectivity index (χ0v) is 15.9. The Morgan fingerprint density at radius 2 is 1.78 bits per heavy atom. The summed E-state index contributed by atoms with van der Waals surface area (Å²) in [5, 5.41) is 0. The van der Waals surface area contributed by atoms with E-state index in [0.717, 1.165) is 10.8 Å². The van der Waals surface area contributed by atoms with E-state index in [4.69, 9.17) is 20.4 Å². The molecule has 0 aliphatic heterocycles. The summed E-state index contributed by atoms with van der Waals surface area (Å²) >= 11 is 0. The number of phosphoric ester groups is 1. The molecular weight excluding hydrogens is 438 g/mol. The molecule has 2 rings (SSSR count). The Hall–Kier alpha value is -0.980. The van der Waals surface area contributed by atoms with Crippen LogP contribution >= 0.6 is 23.5 Å². The molecule has 0 aromatic carbocycles. The van der Waals surface area contributed by atoms with Crippen molar-refractivity contribution in [3.63, 3.8) is 0 Å². The Labute approximate surface area is 150 Å². The lowest BCUT2D eigenvalue weighted by molar-refractivity contribution is 0.0941. The minimum atomic E-state index is -5.57. The average Bonchev–Trinajstić information content (AvgIpc) is 2.37. The molecule has 1 fully saturated rings. The second-order valence-corrected chi connectivity index (χ2v) is 9.96. The van der Waals surface area contributed by atoms with Crippen LogP contribution in [0.4, 0.5) is 10.2 Å². The zero-order valence-electron chi connectivity index (χ0n) is 13.2. The van der Waals surface area contributed by atoms with E-state index in [9.17, 15) is 27.8 Å². The molecule has 18 heteroatoms. The predicted molar refractivity (Wildman–Crippen MR) is 84.4 cm³/mol. The summed E-state index contributed by atoms with van der Waals surface area (Å²) in [5.74, 6) is -1.82. The van der Waals surface area contributed by atoms with Gasteiger partial charge < -0.3 is 25.3 Å². The number of aromatic nitrogens is 2. The maximum Gasteiger partial charge on any atom is 0.490 e. The van der Waals surface area contributed by atoms with Crippen molar-refractivity contribution in [1.82, 2.24) is 9.55 Å². The minimum absolute atomic E-state index is 0.223. The highest BCUT2D eigenvalue weighted by molar-refractivity contribution is 7.66. The molecule has 1 saturated carbocycles. The van der Waals surface area contributed by atoms with Crippen LogP contribution in [0.5, 0.6) is 0 Å². The lowest BCUT2D eigenvalue weighted by Crippen LogP contribution is -2.37. The summed E-state index contributed by atoms with van der Waals surface area (Å²) in [7, 11) is -16.2. The molecule has 0 spiro atoms. The molecule has 2 unspecified atom stereocenters. The number of rotatable bonds is 8. The summed E-state index contributed by atoms with van der Waals surface area (Å²) in [6.45, 7) is -0.459. The Morgan fingerprint density at radius 1 is 1.19 bits per heavy atom. The summed E-state index contributed by atoms with van der Waals surface area (Å²) in [6.07, 6.45) is 1.33. The van der Waals surface area contributed by atoms with Gasteiger partial charge in [0.2, 0.25) is 0 Å². The molecule has 154 valence electrons. The third kappa shape index (κ3) is 6.54. The summed E-state index contributed by atoms with van der Waals surface area (Å²) in [6, 6.07) is -0.463. The molecule has 0 radical (unpaired) electrons.